The Bertz CT molecular complexity index is 1770. The number of fused-ring (bicyclic) bond motifs is 3. The van der Waals surface area contributed by atoms with Gasteiger partial charge in [0.05, 0.1) is 17.9 Å². The lowest BCUT2D eigenvalue weighted by molar-refractivity contribution is -0.279. The average molecular weight is 865 g/mol. The fourth-order valence-electron chi connectivity index (χ4n) is 8.53. The van der Waals surface area contributed by atoms with Crippen molar-refractivity contribution in [3.8, 4) is 0 Å². The topological polar surface area (TPSA) is 243 Å². The third kappa shape index (κ3) is 11.0. The Kier molecular flexibility index (Phi) is 15.6. The normalized spacial score (nSPS) is 34.1. The molecule has 0 amide bonds. The molecule has 18 heteroatoms. The van der Waals surface area contributed by atoms with Gasteiger partial charge in [-0.2, -0.15) is 0 Å². The third-order valence-corrected chi connectivity index (χ3v) is 11.2. The van der Waals surface area contributed by atoms with Crippen molar-refractivity contribution in [3.63, 3.8) is 0 Å². The van der Waals surface area contributed by atoms with Gasteiger partial charge in [0.2, 0.25) is 0 Å². The number of rotatable bonds is 15. The van der Waals surface area contributed by atoms with E-state index in [2.05, 4.69) is 0 Å². The molecule has 1 saturated carbocycles. The second-order valence-corrected chi connectivity index (χ2v) is 17.7. The number of epoxide rings is 1. The van der Waals surface area contributed by atoms with Crippen molar-refractivity contribution in [1.82, 2.24) is 0 Å². The summed E-state index contributed by atoms with van der Waals surface area (Å²) in [5.74, 6) is -10.3. The number of ether oxygens (including phenoxy) is 9. The van der Waals surface area contributed by atoms with Crippen LogP contribution in [0.25, 0.3) is 0 Å². The molecule has 1 spiro atoms. The van der Waals surface area contributed by atoms with E-state index in [1.54, 1.807) is 27.7 Å². The molecule has 340 valence electrons. The van der Waals surface area contributed by atoms with Gasteiger partial charge >= 0.3 is 47.8 Å². The Balaban J connectivity index is 2.10. The minimum atomic E-state index is -2.52. The van der Waals surface area contributed by atoms with Crippen LogP contribution in [0.1, 0.15) is 95.4 Å². The van der Waals surface area contributed by atoms with Crippen LogP contribution in [-0.4, -0.2) is 121 Å². The molecule has 0 aromatic rings. The molecule has 2 heterocycles. The van der Waals surface area contributed by atoms with Gasteiger partial charge in [0.1, 0.15) is 24.4 Å². The standard InChI is InChI=1S/C43H60O18/c1-21(2)14-31(47)53-18-28-12-13-29(59-34(50)19-54-32(48)15-22(3)4)41(11)36(39(58-27(10)46)43(52)24(7)40(51)60-30(43)17-28)42(20-55-42)38(57-26(9)45)35(37(41)56-25(8)44)61-33(49)16-23(5)6/h12-13,17,21-24,29-30,35-39,52H,14-16,18-20H2,1-11H3/b13-12-,28-17+/t24-,29-,30-,35+,36+,37-,38+,39-,41+,42-,43-/m0/s1. The molecule has 2 aliphatic heterocycles. The molecule has 0 bridgehead atoms. The van der Waals surface area contributed by atoms with E-state index in [0.29, 0.717) is 0 Å². The predicted molar refractivity (Wildman–Crippen MR) is 208 cm³/mol. The second kappa shape index (κ2) is 19.5. The number of hydrogen-bond donors (Lipinski definition) is 1. The number of hydrogen-bond acceptors (Lipinski definition) is 18. The van der Waals surface area contributed by atoms with Crippen LogP contribution < -0.4 is 0 Å². The molecule has 4 aliphatic rings. The van der Waals surface area contributed by atoms with Gasteiger partial charge in [-0.1, -0.05) is 54.5 Å². The minimum Gasteiger partial charge on any atom is -0.461 e. The van der Waals surface area contributed by atoms with E-state index in [-0.39, 0.29) is 49.2 Å². The van der Waals surface area contributed by atoms with Crippen LogP contribution in [0.5, 0.6) is 0 Å². The van der Waals surface area contributed by atoms with Crippen LogP contribution in [0.3, 0.4) is 0 Å². The van der Waals surface area contributed by atoms with Crippen molar-refractivity contribution >= 4 is 47.8 Å². The Labute approximate surface area is 355 Å². The Morgan fingerprint density at radius 1 is 0.738 bits per heavy atom. The maximum atomic E-state index is 13.9. The summed E-state index contributed by atoms with van der Waals surface area (Å²) in [6.07, 6.45) is -6.38. The van der Waals surface area contributed by atoms with Crippen molar-refractivity contribution in [2.45, 2.75) is 143 Å². The molecular formula is C43H60O18. The highest BCUT2D eigenvalue weighted by Gasteiger charge is 2.81. The van der Waals surface area contributed by atoms with Crippen molar-refractivity contribution < 1.29 is 86.1 Å². The smallest absolute Gasteiger partial charge is 0.344 e. The third-order valence-electron chi connectivity index (χ3n) is 11.2. The highest BCUT2D eigenvalue weighted by Crippen LogP contribution is 2.63. The summed E-state index contributed by atoms with van der Waals surface area (Å²) < 4.78 is 52.9. The molecule has 11 atom stereocenters. The Morgan fingerprint density at radius 3 is 1.77 bits per heavy atom. The van der Waals surface area contributed by atoms with Gasteiger partial charge < -0.3 is 47.7 Å². The second-order valence-electron chi connectivity index (χ2n) is 17.7. The molecule has 0 aromatic heterocycles. The summed E-state index contributed by atoms with van der Waals surface area (Å²) in [7, 11) is 0. The SMILES string of the molecule is CC(=O)O[C@@H]1[C@H](OC(=O)CC(C)C)[C@H](OC(C)=O)[C@]2(C)[C@@H](OC(=O)COC(=O)CC(C)C)/C=C\C(COC(=O)CC(C)C)=C/[C@@H]3OC(=O)[C@H](C)[C@@]3(O)[C@@H](OC(C)=O)[C@H]2[C@@]12CO2. The van der Waals surface area contributed by atoms with Gasteiger partial charge in [-0.3, -0.25) is 33.6 Å². The summed E-state index contributed by atoms with van der Waals surface area (Å²) in [6.45, 7) is 15.0. The molecule has 2 aliphatic carbocycles. The maximum Gasteiger partial charge on any atom is 0.344 e. The van der Waals surface area contributed by atoms with Gasteiger partial charge in [-0.15, -0.1) is 0 Å². The van der Waals surface area contributed by atoms with Gasteiger partial charge in [0.25, 0.3) is 0 Å². The zero-order valence-corrected chi connectivity index (χ0v) is 36.7. The van der Waals surface area contributed by atoms with Crippen molar-refractivity contribution in [2.24, 2.45) is 35.0 Å². The molecule has 0 aromatic carbocycles. The van der Waals surface area contributed by atoms with Crippen molar-refractivity contribution in [2.75, 3.05) is 19.8 Å². The van der Waals surface area contributed by atoms with E-state index in [1.165, 1.54) is 32.1 Å². The fraction of sp³-hybridized carbons (Fsp3) is 0.721. The summed E-state index contributed by atoms with van der Waals surface area (Å²) >= 11 is 0. The van der Waals surface area contributed by atoms with Crippen LogP contribution >= 0.6 is 0 Å². The Morgan fingerprint density at radius 2 is 1.25 bits per heavy atom. The van der Waals surface area contributed by atoms with Crippen LogP contribution in [-0.2, 0) is 81.0 Å². The quantitative estimate of drug-likeness (QED) is 0.141. The zero-order chi connectivity index (χ0) is 45.8. The van der Waals surface area contributed by atoms with Gasteiger partial charge in [-0.25, -0.2) is 4.79 Å². The fourth-order valence-corrected chi connectivity index (χ4v) is 8.53. The van der Waals surface area contributed by atoms with Crippen molar-refractivity contribution in [3.05, 3.63) is 23.8 Å². The minimum absolute atomic E-state index is 0.0157. The molecule has 61 heavy (non-hydrogen) atoms. The van der Waals surface area contributed by atoms with Crippen LogP contribution in [0, 0.1) is 35.0 Å². The summed E-state index contributed by atoms with van der Waals surface area (Å²) in [5.41, 5.74) is -6.33. The first-order valence-corrected chi connectivity index (χ1v) is 20.5. The molecule has 2 saturated heterocycles. The van der Waals surface area contributed by atoms with Gasteiger partial charge in [0.15, 0.2) is 36.6 Å². The van der Waals surface area contributed by atoms with Gasteiger partial charge in [0, 0.05) is 46.0 Å². The van der Waals surface area contributed by atoms with Crippen LogP contribution in [0.2, 0.25) is 0 Å². The number of aliphatic hydroxyl groups is 1. The molecule has 4 rings (SSSR count). The Hall–Kier alpha value is -4.84. The van der Waals surface area contributed by atoms with E-state index in [9.17, 15) is 43.5 Å². The largest absolute Gasteiger partial charge is 0.461 e. The highest BCUT2D eigenvalue weighted by molar-refractivity contribution is 5.79. The van der Waals surface area contributed by atoms with E-state index in [4.69, 9.17) is 42.6 Å². The lowest BCUT2D eigenvalue weighted by Gasteiger charge is -2.59. The maximum absolute atomic E-state index is 13.9. The van der Waals surface area contributed by atoms with E-state index in [1.807, 2.05) is 13.8 Å². The molecule has 18 nitrogen and oxygen atoms in total. The van der Waals surface area contributed by atoms with E-state index >= 15 is 0 Å². The first-order valence-electron chi connectivity index (χ1n) is 20.5. The van der Waals surface area contributed by atoms with Gasteiger partial charge in [-0.05, 0) is 42.4 Å². The van der Waals surface area contributed by atoms with Crippen LogP contribution in [0.15, 0.2) is 23.8 Å². The van der Waals surface area contributed by atoms with Crippen LogP contribution in [0.4, 0.5) is 0 Å². The molecule has 3 fully saturated rings. The monoisotopic (exact) mass is 864 g/mol. The molecule has 0 radical (unpaired) electrons. The average Bonchev–Trinajstić information content (AvgIpc) is 3.88. The number of carbonyl (C=O) groups is 8. The summed E-state index contributed by atoms with van der Waals surface area (Å²) in [4.78, 5) is 106. The van der Waals surface area contributed by atoms with Crippen molar-refractivity contribution in [1.29, 1.82) is 0 Å². The lowest BCUT2D eigenvalue weighted by Crippen LogP contribution is -2.76. The van der Waals surface area contributed by atoms with E-state index in [0.717, 1.165) is 20.8 Å². The molecule has 1 N–H and O–H groups in total. The predicted octanol–water partition coefficient (Wildman–Crippen LogP) is 3.02. The first kappa shape index (κ1) is 48.8. The lowest BCUT2D eigenvalue weighted by atomic mass is 9.51. The first-order chi connectivity index (χ1) is 28.4. The highest BCUT2D eigenvalue weighted by atomic mass is 16.7. The number of carbonyl (C=O) groups excluding carboxylic acids is 8. The summed E-state index contributed by atoms with van der Waals surface area (Å²) in [5, 5.41) is 13.1. The molecule has 0 unspecified atom stereocenters. The zero-order valence-electron chi connectivity index (χ0n) is 36.7. The summed E-state index contributed by atoms with van der Waals surface area (Å²) in [6, 6.07) is 0. The van der Waals surface area contributed by atoms with E-state index < -0.39 is 126 Å². The number of esters is 8. The molecular weight excluding hydrogens is 804 g/mol.